The Morgan fingerprint density at radius 3 is 2.66 bits per heavy atom. The smallest absolute Gasteiger partial charge is 0.191 e. The average molecular weight is 569 g/mol. The van der Waals surface area contributed by atoms with Crippen LogP contribution in [0.5, 0.6) is 5.75 Å². The summed E-state index contributed by atoms with van der Waals surface area (Å²) in [6.45, 7) is 8.36. The highest BCUT2D eigenvalue weighted by molar-refractivity contribution is 14.0. The van der Waals surface area contributed by atoms with Crippen molar-refractivity contribution >= 4 is 41.3 Å². The summed E-state index contributed by atoms with van der Waals surface area (Å²) in [5.41, 5.74) is 1.10. The SMILES string of the molecule is COc1cccc(C(C)(C)CNC(=NCc2nnc(C)n2C)NCCc2cccs2)c1.I. The summed E-state index contributed by atoms with van der Waals surface area (Å²) in [6, 6.07) is 12.5. The van der Waals surface area contributed by atoms with Crippen LogP contribution >= 0.6 is 35.3 Å². The predicted octanol–water partition coefficient (Wildman–Crippen LogP) is 4.07. The van der Waals surface area contributed by atoms with Crippen LogP contribution in [0.25, 0.3) is 0 Å². The molecule has 2 heterocycles. The average Bonchev–Trinajstić information content (AvgIpc) is 3.40. The number of hydrogen-bond acceptors (Lipinski definition) is 5. The third-order valence-corrected chi connectivity index (χ3v) is 6.29. The zero-order chi connectivity index (χ0) is 22.3. The van der Waals surface area contributed by atoms with Gasteiger partial charge in [-0.1, -0.05) is 32.0 Å². The lowest BCUT2D eigenvalue weighted by molar-refractivity contribution is 0.411. The minimum absolute atomic E-state index is 0. The van der Waals surface area contributed by atoms with Crippen LogP contribution < -0.4 is 15.4 Å². The van der Waals surface area contributed by atoms with Gasteiger partial charge in [-0.25, -0.2) is 4.99 Å². The number of benzene rings is 1. The van der Waals surface area contributed by atoms with Crippen molar-refractivity contribution in [3.63, 3.8) is 0 Å². The zero-order valence-corrected chi connectivity index (χ0v) is 22.5. The lowest BCUT2D eigenvalue weighted by atomic mass is 9.84. The molecule has 2 N–H and O–H groups in total. The molecule has 0 aliphatic heterocycles. The topological polar surface area (TPSA) is 76.4 Å². The lowest BCUT2D eigenvalue weighted by Gasteiger charge is -2.27. The Labute approximate surface area is 211 Å². The van der Waals surface area contributed by atoms with Crippen LogP contribution in [0.1, 0.15) is 35.9 Å². The van der Waals surface area contributed by atoms with Crippen molar-refractivity contribution in [2.45, 2.75) is 39.2 Å². The molecule has 174 valence electrons. The van der Waals surface area contributed by atoms with Crippen molar-refractivity contribution in [3.8, 4) is 5.75 Å². The Morgan fingerprint density at radius 2 is 2.00 bits per heavy atom. The molecule has 0 unspecified atom stereocenters. The largest absolute Gasteiger partial charge is 0.497 e. The number of nitrogens with one attached hydrogen (secondary N) is 2. The molecule has 7 nitrogen and oxygen atoms in total. The van der Waals surface area contributed by atoms with Crippen molar-refractivity contribution in [1.82, 2.24) is 25.4 Å². The van der Waals surface area contributed by atoms with Gasteiger partial charge in [0, 0.05) is 30.4 Å². The van der Waals surface area contributed by atoms with E-state index in [9.17, 15) is 0 Å². The number of aliphatic imine (C=N–C) groups is 1. The number of aryl methyl sites for hydroxylation is 1. The Hall–Kier alpha value is -2.14. The number of guanidine groups is 1. The van der Waals surface area contributed by atoms with E-state index in [1.54, 1.807) is 18.4 Å². The van der Waals surface area contributed by atoms with Gasteiger partial charge in [-0.15, -0.1) is 45.5 Å². The quantitative estimate of drug-likeness (QED) is 0.231. The summed E-state index contributed by atoms with van der Waals surface area (Å²) in [5.74, 6) is 3.35. The Kier molecular flexibility index (Phi) is 9.95. The van der Waals surface area contributed by atoms with Gasteiger partial charge in [0.1, 0.15) is 18.1 Å². The van der Waals surface area contributed by atoms with Gasteiger partial charge in [0.25, 0.3) is 0 Å². The number of thiophene rings is 1. The fourth-order valence-electron chi connectivity index (χ4n) is 3.12. The van der Waals surface area contributed by atoms with E-state index in [-0.39, 0.29) is 29.4 Å². The number of nitrogens with zero attached hydrogens (tertiary/aromatic N) is 4. The molecule has 2 aromatic heterocycles. The lowest BCUT2D eigenvalue weighted by Crippen LogP contribution is -2.44. The molecule has 3 rings (SSSR count). The second-order valence-corrected chi connectivity index (χ2v) is 9.15. The van der Waals surface area contributed by atoms with Crippen LogP contribution in [0.2, 0.25) is 0 Å². The van der Waals surface area contributed by atoms with Gasteiger partial charge in [0.05, 0.1) is 7.11 Å². The molecular formula is C23H33IN6OS. The first-order valence-corrected chi connectivity index (χ1v) is 11.3. The summed E-state index contributed by atoms with van der Waals surface area (Å²) >= 11 is 1.77. The van der Waals surface area contributed by atoms with Crippen LogP contribution in [0, 0.1) is 6.92 Å². The molecule has 32 heavy (non-hydrogen) atoms. The van der Waals surface area contributed by atoms with Crippen LogP contribution in [-0.4, -0.2) is 40.9 Å². The van der Waals surface area contributed by atoms with E-state index in [2.05, 4.69) is 64.3 Å². The fourth-order valence-corrected chi connectivity index (χ4v) is 3.83. The summed E-state index contributed by atoms with van der Waals surface area (Å²) in [7, 11) is 3.66. The second-order valence-electron chi connectivity index (χ2n) is 8.11. The zero-order valence-electron chi connectivity index (χ0n) is 19.4. The highest BCUT2D eigenvalue weighted by Crippen LogP contribution is 2.25. The number of aromatic nitrogens is 3. The molecule has 0 radical (unpaired) electrons. The minimum atomic E-state index is -0.105. The first kappa shape index (κ1) is 26.1. The first-order chi connectivity index (χ1) is 14.9. The van der Waals surface area contributed by atoms with Gasteiger partial charge < -0.3 is 19.9 Å². The van der Waals surface area contributed by atoms with Gasteiger partial charge in [-0.3, -0.25) is 0 Å². The minimum Gasteiger partial charge on any atom is -0.497 e. The summed E-state index contributed by atoms with van der Waals surface area (Å²) in [6.07, 6.45) is 0.959. The Balaban J connectivity index is 0.00000363. The maximum absolute atomic E-state index is 5.39. The number of ether oxygens (including phenoxy) is 1. The second kappa shape index (κ2) is 12.2. The van der Waals surface area contributed by atoms with E-state index in [0.717, 1.165) is 42.9 Å². The molecule has 0 spiro atoms. The normalized spacial score (nSPS) is 11.7. The van der Waals surface area contributed by atoms with Crippen LogP contribution in [0.4, 0.5) is 0 Å². The highest BCUT2D eigenvalue weighted by Gasteiger charge is 2.21. The van der Waals surface area contributed by atoms with E-state index in [0.29, 0.717) is 6.54 Å². The number of methoxy groups -OCH3 is 1. The van der Waals surface area contributed by atoms with E-state index in [1.165, 1.54) is 10.4 Å². The highest BCUT2D eigenvalue weighted by atomic mass is 127. The molecule has 1 aromatic carbocycles. The van der Waals surface area contributed by atoms with Crippen LogP contribution in [0.3, 0.4) is 0 Å². The third-order valence-electron chi connectivity index (χ3n) is 5.35. The Bertz CT molecular complexity index is 1000. The third kappa shape index (κ3) is 7.19. The van der Waals surface area contributed by atoms with Crippen LogP contribution in [-0.2, 0) is 25.4 Å². The molecule has 3 aromatic rings. The Morgan fingerprint density at radius 1 is 1.19 bits per heavy atom. The van der Waals surface area contributed by atoms with E-state index >= 15 is 0 Å². The van der Waals surface area contributed by atoms with Crippen molar-refractivity contribution < 1.29 is 4.74 Å². The molecular weight excluding hydrogens is 535 g/mol. The molecule has 0 aliphatic rings. The van der Waals surface area contributed by atoms with Gasteiger partial charge in [-0.05, 0) is 42.5 Å². The number of rotatable bonds is 9. The number of hydrogen-bond donors (Lipinski definition) is 2. The fraction of sp³-hybridized carbons (Fsp3) is 0.435. The molecule has 0 saturated heterocycles. The predicted molar refractivity (Wildman–Crippen MR) is 142 cm³/mol. The molecule has 0 atom stereocenters. The van der Waals surface area contributed by atoms with Crippen molar-refractivity contribution in [1.29, 1.82) is 0 Å². The standard InChI is InChI=1S/C23H32N6OS.HI/c1-17-27-28-21(29(17)4)15-25-22(24-12-11-20-10-7-13-31-20)26-16-23(2,3)18-8-6-9-19(14-18)30-5;/h6-10,13-14H,11-12,15-16H2,1-5H3,(H2,24,25,26);1H. The first-order valence-electron chi connectivity index (χ1n) is 10.4. The molecule has 0 fully saturated rings. The van der Waals surface area contributed by atoms with Gasteiger partial charge >= 0.3 is 0 Å². The van der Waals surface area contributed by atoms with E-state index in [1.807, 2.05) is 30.7 Å². The monoisotopic (exact) mass is 568 g/mol. The summed E-state index contributed by atoms with van der Waals surface area (Å²) < 4.78 is 7.36. The summed E-state index contributed by atoms with van der Waals surface area (Å²) in [5, 5.41) is 17.4. The van der Waals surface area contributed by atoms with Gasteiger partial charge in [0.15, 0.2) is 11.8 Å². The van der Waals surface area contributed by atoms with Crippen LogP contribution in [0.15, 0.2) is 46.8 Å². The molecule has 0 aliphatic carbocycles. The number of halogens is 1. The maximum atomic E-state index is 5.39. The van der Waals surface area contributed by atoms with Gasteiger partial charge in [0.2, 0.25) is 0 Å². The van der Waals surface area contributed by atoms with Crippen molar-refractivity contribution in [2.24, 2.45) is 12.0 Å². The van der Waals surface area contributed by atoms with E-state index < -0.39 is 0 Å². The summed E-state index contributed by atoms with van der Waals surface area (Å²) in [4.78, 5) is 6.12. The van der Waals surface area contributed by atoms with E-state index in [4.69, 9.17) is 9.73 Å². The molecule has 9 heteroatoms. The van der Waals surface area contributed by atoms with Crippen molar-refractivity contribution in [3.05, 3.63) is 63.9 Å². The maximum Gasteiger partial charge on any atom is 0.191 e. The molecule has 0 saturated carbocycles. The van der Waals surface area contributed by atoms with Gasteiger partial charge in [-0.2, -0.15) is 0 Å². The molecule has 0 bridgehead atoms. The molecule has 0 amide bonds. The van der Waals surface area contributed by atoms with Crippen molar-refractivity contribution in [2.75, 3.05) is 20.2 Å².